The van der Waals surface area contributed by atoms with Gasteiger partial charge in [0.15, 0.2) is 0 Å². The largest absolute Gasteiger partial charge is 0.508 e. The molecule has 5 aromatic carbocycles. The van der Waals surface area contributed by atoms with Crippen LogP contribution >= 0.6 is 0 Å². The van der Waals surface area contributed by atoms with Crippen molar-refractivity contribution in [1.29, 1.82) is 0 Å². The van der Waals surface area contributed by atoms with Crippen molar-refractivity contribution in [3.8, 4) is 33.8 Å². The van der Waals surface area contributed by atoms with Crippen LogP contribution in [0.3, 0.4) is 0 Å². The van der Waals surface area contributed by atoms with E-state index in [0.717, 1.165) is 39.3 Å². The number of hydrogen-bond acceptors (Lipinski definition) is 3. The first-order valence-corrected chi connectivity index (χ1v) is 11.2. The minimum atomic E-state index is 0.265. The number of aryl methyl sites for hydroxylation is 1. The van der Waals surface area contributed by atoms with E-state index in [4.69, 9.17) is 0 Å². The van der Waals surface area contributed by atoms with Gasteiger partial charge in [-0.3, -0.25) is 0 Å². The molecule has 0 aliphatic rings. The van der Waals surface area contributed by atoms with Crippen LogP contribution in [0.4, 0.5) is 17.1 Å². The van der Waals surface area contributed by atoms with Crippen molar-refractivity contribution in [2.24, 2.45) is 0 Å². The molecule has 0 radical (unpaired) electrons. The summed E-state index contributed by atoms with van der Waals surface area (Å²) in [5.41, 5.74) is 8.72. The van der Waals surface area contributed by atoms with Gasteiger partial charge in [-0.15, -0.1) is 0 Å². The summed E-state index contributed by atoms with van der Waals surface area (Å²) in [7, 11) is 0. The molecule has 0 aromatic heterocycles. The molecular formula is C31H25NO2. The van der Waals surface area contributed by atoms with Crippen LogP contribution in [-0.4, -0.2) is 10.2 Å². The molecule has 3 heteroatoms. The van der Waals surface area contributed by atoms with Crippen LogP contribution in [0.15, 0.2) is 121 Å². The SMILES string of the molecule is Cc1ccc(N(c2ccc(-c3ccc(O)cc3)cc2)c2ccc(-c3ccc(O)cc3)cc2)cc1. The lowest BCUT2D eigenvalue weighted by molar-refractivity contribution is 0.475. The van der Waals surface area contributed by atoms with Gasteiger partial charge in [0.05, 0.1) is 0 Å². The van der Waals surface area contributed by atoms with Crippen LogP contribution in [-0.2, 0) is 0 Å². The normalized spacial score (nSPS) is 10.7. The molecule has 0 heterocycles. The number of benzene rings is 5. The van der Waals surface area contributed by atoms with Gasteiger partial charge < -0.3 is 15.1 Å². The van der Waals surface area contributed by atoms with E-state index in [1.165, 1.54) is 5.56 Å². The van der Waals surface area contributed by atoms with Gasteiger partial charge in [0.1, 0.15) is 11.5 Å². The number of nitrogens with zero attached hydrogens (tertiary/aromatic N) is 1. The third-order valence-corrected chi connectivity index (χ3v) is 5.94. The smallest absolute Gasteiger partial charge is 0.115 e. The van der Waals surface area contributed by atoms with Crippen LogP contribution in [0.1, 0.15) is 5.56 Å². The second-order valence-electron chi connectivity index (χ2n) is 8.36. The third-order valence-electron chi connectivity index (χ3n) is 5.94. The van der Waals surface area contributed by atoms with Crippen molar-refractivity contribution in [1.82, 2.24) is 0 Å². The fraction of sp³-hybridized carbons (Fsp3) is 0.0323. The van der Waals surface area contributed by atoms with Gasteiger partial charge >= 0.3 is 0 Å². The molecule has 0 atom stereocenters. The van der Waals surface area contributed by atoms with Crippen LogP contribution in [0.2, 0.25) is 0 Å². The van der Waals surface area contributed by atoms with E-state index in [1.54, 1.807) is 24.3 Å². The van der Waals surface area contributed by atoms with Crippen LogP contribution in [0.25, 0.3) is 22.3 Å². The zero-order chi connectivity index (χ0) is 23.5. The summed E-state index contributed by atoms with van der Waals surface area (Å²) in [4.78, 5) is 2.24. The van der Waals surface area contributed by atoms with E-state index < -0.39 is 0 Å². The Kier molecular flexibility index (Phi) is 5.75. The first kappa shape index (κ1) is 21.4. The summed E-state index contributed by atoms with van der Waals surface area (Å²) >= 11 is 0. The molecule has 0 aliphatic heterocycles. The molecule has 5 rings (SSSR count). The summed E-state index contributed by atoms with van der Waals surface area (Å²) in [6.07, 6.45) is 0. The molecule has 5 aromatic rings. The maximum atomic E-state index is 9.58. The lowest BCUT2D eigenvalue weighted by atomic mass is 10.0. The highest BCUT2D eigenvalue weighted by Gasteiger charge is 2.13. The lowest BCUT2D eigenvalue weighted by Crippen LogP contribution is -2.09. The second-order valence-corrected chi connectivity index (χ2v) is 8.36. The predicted octanol–water partition coefficient (Wildman–Crippen LogP) is 8.21. The molecule has 0 unspecified atom stereocenters. The Bertz CT molecular complexity index is 1280. The fourth-order valence-corrected chi connectivity index (χ4v) is 4.05. The minimum absolute atomic E-state index is 0.265. The highest BCUT2D eigenvalue weighted by atomic mass is 16.3. The number of anilines is 3. The maximum Gasteiger partial charge on any atom is 0.115 e. The number of hydrogen-bond donors (Lipinski definition) is 2. The van der Waals surface area contributed by atoms with Crippen molar-refractivity contribution >= 4 is 17.1 Å². The van der Waals surface area contributed by atoms with E-state index in [2.05, 4.69) is 84.6 Å². The molecule has 0 bridgehead atoms. The molecule has 34 heavy (non-hydrogen) atoms. The summed E-state index contributed by atoms with van der Waals surface area (Å²) in [5, 5.41) is 19.2. The zero-order valence-corrected chi connectivity index (χ0v) is 18.9. The molecule has 3 nitrogen and oxygen atoms in total. The average molecular weight is 444 g/mol. The minimum Gasteiger partial charge on any atom is -0.508 e. The first-order valence-electron chi connectivity index (χ1n) is 11.2. The predicted molar refractivity (Wildman–Crippen MR) is 140 cm³/mol. The Balaban J connectivity index is 1.51. The summed E-state index contributed by atoms with van der Waals surface area (Å²) in [6, 6.07) is 39.9. The van der Waals surface area contributed by atoms with Gasteiger partial charge in [-0.25, -0.2) is 0 Å². The van der Waals surface area contributed by atoms with Gasteiger partial charge in [0.2, 0.25) is 0 Å². The Morgan fingerprint density at radius 3 is 0.971 bits per heavy atom. The Morgan fingerprint density at radius 1 is 0.382 bits per heavy atom. The maximum absolute atomic E-state index is 9.58. The third kappa shape index (κ3) is 4.50. The van der Waals surface area contributed by atoms with E-state index in [1.807, 2.05) is 24.3 Å². The van der Waals surface area contributed by atoms with Crippen molar-refractivity contribution in [2.75, 3.05) is 4.90 Å². The molecule has 166 valence electrons. The fourth-order valence-electron chi connectivity index (χ4n) is 4.05. The van der Waals surface area contributed by atoms with E-state index >= 15 is 0 Å². The molecule has 0 spiro atoms. The molecule has 0 saturated heterocycles. The van der Waals surface area contributed by atoms with Gasteiger partial charge in [-0.1, -0.05) is 66.2 Å². The van der Waals surface area contributed by atoms with Gasteiger partial charge in [-0.05, 0) is 89.8 Å². The summed E-state index contributed by atoms with van der Waals surface area (Å²) in [5.74, 6) is 0.531. The number of phenolic OH excluding ortho intramolecular Hbond substituents is 2. The van der Waals surface area contributed by atoms with Crippen LogP contribution in [0.5, 0.6) is 11.5 Å². The molecule has 0 aliphatic carbocycles. The van der Waals surface area contributed by atoms with Gasteiger partial charge in [0.25, 0.3) is 0 Å². The Labute approximate surface area is 199 Å². The number of rotatable bonds is 5. The molecule has 0 amide bonds. The average Bonchev–Trinajstić information content (AvgIpc) is 2.87. The van der Waals surface area contributed by atoms with Crippen LogP contribution in [0, 0.1) is 6.92 Å². The van der Waals surface area contributed by atoms with Crippen LogP contribution < -0.4 is 4.90 Å². The standard InChI is InChI=1S/C31H25NO2/c1-22-2-12-27(13-3-22)32(28-14-4-23(5-15-28)25-8-18-30(33)19-9-25)29-16-6-24(7-17-29)26-10-20-31(34)21-11-26/h2-21,33-34H,1H3. The number of phenols is 2. The lowest BCUT2D eigenvalue weighted by Gasteiger charge is -2.26. The molecular weight excluding hydrogens is 418 g/mol. The van der Waals surface area contributed by atoms with E-state index in [0.29, 0.717) is 0 Å². The summed E-state index contributed by atoms with van der Waals surface area (Å²) in [6.45, 7) is 2.09. The van der Waals surface area contributed by atoms with Crippen molar-refractivity contribution in [3.63, 3.8) is 0 Å². The Hall–Kier alpha value is -4.50. The first-order chi connectivity index (χ1) is 16.6. The van der Waals surface area contributed by atoms with E-state index in [-0.39, 0.29) is 11.5 Å². The quantitative estimate of drug-likeness (QED) is 0.288. The van der Waals surface area contributed by atoms with Crippen molar-refractivity contribution in [3.05, 3.63) is 127 Å². The molecule has 0 fully saturated rings. The summed E-state index contributed by atoms with van der Waals surface area (Å²) < 4.78 is 0. The highest BCUT2D eigenvalue weighted by molar-refractivity contribution is 5.80. The van der Waals surface area contributed by atoms with Gasteiger partial charge in [0, 0.05) is 17.1 Å². The molecule has 2 N–H and O–H groups in total. The molecule has 0 saturated carbocycles. The zero-order valence-electron chi connectivity index (χ0n) is 18.9. The highest BCUT2D eigenvalue weighted by Crippen LogP contribution is 2.37. The number of aromatic hydroxyl groups is 2. The van der Waals surface area contributed by atoms with Gasteiger partial charge in [-0.2, -0.15) is 0 Å². The van der Waals surface area contributed by atoms with Crippen molar-refractivity contribution in [2.45, 2.75) is 6.92 Å². The monoisotopic (exact) mass is 443 g/mol. The second kappa shape index (κ2) is 9.16. The topological polar surface area (TPSA) is 43.7 Å². The Morgan fingerprint density at radius 2 is 0.647 bits per heavy atom. The van der Waals surface area contributed by atoms with E-state index in [9.17, 15) is 10.2 Å². The van der Waals surface area contributed by atoms with Crippen molar-refractivity contribution < 1.29 is 10.2 Å².